The lowest BCUT2D eigenvalue weighted by Crippen LogP contribution is -2.58. The Hall–Kier alpha value is -2.65. The quantitative estimate of drug-likeness (QED) is 0.446. The lowest BCUT2D eigenvalue weighted by atomic mass is 9.80. The van der Waals surface area contributed by atoms with E-state index in [0.29, 0.717) is 24.5 Å². The van der Waals surface area contributed by atoms with Crippen LogP contribution in [0, 0.1) is 11.7 Å². The minimum atomic E-state index is -4.51. The van der Waals surface area contributed by atoms with Crippen molar-refractivity contribution in [3.8, 4) is 5.75 Å². The number of alkyl halides is 3. The number of rotatable bonds is 7. The van der Waals surface area contributed by atoms with Crippen molar-refractivity contribution in [3.63, 3.8) is 0 Å². The van der Waals surface area contributed by atoms with Crippen molar-refractivity contribution in [1.82, 2.24) is 10.2 Å². The third kappa shape index (κ3) is 6.31. The Bertz CT molecular complexity index is 1090. The van der Waals surface area contributed by atoms with Gasteiger partial charge < -0.3 is 14.8 Å². The summed E-state index contributed by atoms with van der Waals surface area (Å²) in [5, 5.41) is 2.82. The molecule has 208 valence electrons. The van der Waals surface area contributed by atoms with Crippen LogP contribution in [0.4, 0.5) is 17.6 Å². The standard InChI is InChI=1S/C29H36F4N2O3/c1-19(2)28(27(36)34-17-20-14-23(29(31,32)33)16-26(15-20)37-3)11-8-25(18-38-28)35-12-9-22(10-13-35)21-4-6-24(30)7-5-21/h4-7,14-16,19,22,25H,8-13,17-18H2,1-3H3,(H,34,36)/t25-,28+/m1/s1. The van der Waals surface area contributed by atoms with Crippen molar-refractivity contribution in [2.75, 3.05) is 26.8 Å². The Morgan fingerprint density at radius 3 is 2.37 bits per heavy atom. The lowest BCUT2D eigenvalue weighted by molar-refractivity contribution is -0.170. The molecule has 2 heterocycles. The molecule has 2 aliphatic rings. The van der Waals surface area contributed by atoms with Crippen LogP contribution in [0.15, 0.2) is 42.5 Å². The minimum absolute atomic E-state index is 0.0583. The number of nitrogens with one attached hydrogen (secondary N) is 1. The fraction of sp³-hybridized carbons (Fsp3) is 0.552. The number of piperidine rings is 1. The summed E-state index contributed by atoms with van der Waals surface area (Å²) in [7, 11) is 1.31. The van der Waals surface area contributed by atoms with E-state index < -0.39 is 17.3 Å². The molecule has 0 bridgehead atoms. The SMILES string of the molecule is COc1cc(CNC(=O)[C@@]2(C(C)C)CC[C@@H](N3CCC(c4ccc(F)cc4)CC3)CO2)cc(C(F)(F)F)c1. The number of halogens is 4. The summed E-state index contributed by atoms with van der Waals surface area (Å²) in [6, 6.07) is 10.4. The zero-order valence-corrected chi connectivity index (χ0v) is 22.1. The zero-order chi connectivity index (χ0) is 27.5. The molecule has 4 rings (SSSR count). The van der Waals surface area contributed by atoms with E-state index in [1.807, 2.05) is 26.0 Å². The molecule has 38 heavy (non-hydrogen) atoms. The average molecular weight is 537 g/mol. The fourth-order valence-electron chi connectivity index (χ4n) is 5.68. The number of carbonyl (C=O) groups is 1. The Kier molecular flexibility index (Phi) is 8.67. The van der Waals surface area contributed by atoms with Crippen LogP contribution in [0.5, 0.6) is 5.75 Å². The predicted molar refractivity (Wildman–Crippen MR) is 136 cm³/mol. The summed E-state index contributed by atoms with van der Waals surface area (Å²) in [6.45, 7) is 6.05. The van der Waals surface area contributed by atoms with Gasteiger partial charge >= 0.3 is 6.18 Å². The maximum absolute atomic E-state index is 13.3. The van der Waals surface area contributed by atoms with E-state index in [-0.39, 0.29) is 36.0 Å². The van der Waals surface area contributed by atoms with E-state index >= 15 is 0 Å². The fourth-order valence-corrected chi connectivity index (χ4v) is 5.68. The monoisotopic (exact) mass is 536 g/mol. The third-order valence-electron chi connectivity index (χ3n) is 8.07. The molecule has 0 unspecified atom stereocenters. The maximum atomic E-state index is 13.3. The second kappa shape index (κ2) is 11.6. The molecular weight excluding hydrogens is 500 g/mol. The Morgan fingerprint density at radius 1 is 1.13 bits per heavy atom. The molecule has 1 N–H and O–H groups in total. The second-order valence-corrected chi connectivity index (χ2v) is 10.7. The van der Waals surface area contributed by atoms with Crippen LogP contribution in [0.1, 0.15) is 62.1 Å². The maximum Gasteiger partial charge on any atom is 0.416 e. The van der Waals surface area contributed by atoms with Gasteiger partial charge in [0.25, 0.3) is 5.91 Å². The number of amides is 1. The van der Waals surface area contributed by atoms with Crippen LogP contribution in [0.2, 0.25) is 0 Å². The third-order valence-corrected chi connectivity index (χ3v) is 8.07. The van der Waals surface area contributed by atoms with Gasteiger partial charge in [-0.1, -0.05) is 26.0 Å². The van der Waals surface area contributed by atoms with Crippen LogP contribution in [-0.2, 0) is 22.3 Å². The molecule has 0 aliphatic carbocycles. The van der Waals surface area contributed by atoms with Crippen molar-refractivity contribution in [2.45, 2.75) is 69.8 Å². The molecule has 0 radical (unpaired) electrons. The summed E-state index contributed by atoms with van der Waals surface area (Å²) in [6.07, 6.45) is -1.21. The number of ether oxygens (including phenoxy) is 2. The van der Waals surface area contributed by atoms with E-state index in [0.717, 1.165) is 44.5 Å². The summed E-state index contributed by atoms with van der Waals surface area (Å²) >= 11 is 0. The summed E-state index contributed by atoms with van der Waals surface area (Å²) in [5.74, 6) is -0.146. The average Bonchev–Trinajstić information content (AvgIpc) is 2.91. The molecule has 2 saturated heterocycles. The van der Waals surface area contributed by atoms with Crippen LogP contribution >= 0.6 is 0 Å². The van der Waals surface area contributed by atoms with Gasteiger partial charge in [-0.3, -0.25) is 9.69 Å². The molecule has 0 spiro atoms. The first-order valence-corrected chi connectivity index (χ1v) is 13.2. The first-order valence-electron chi connectivity index (χ1n) is 13.2. The van der Waals surface area contributed by atoms with Gasteiger partial charge in [0, 0.05) is 12.6 Å². The Labute approximate surface area is 221 Å². The van der Waals surface area contributed by atoms with E-state index in [2.05, 4.69) is 10.2 Å². The van der Waals surface area contributed by atoms with E-state index in [1.165, 1.54) is 30.9 Å². The number of methoxy groups -OCH3 is 1. The molecular formula is C29H36F4N2O3. The van der Waals surface area contributed by atoms with Crippen LogP contribution in [0.3, 0.4) is 0 Å². The summed E-state index contributed by atoms with van der Waals surface area (Å²) < 4.78 is 64.4. The first-order chi connectivity index (χ1) is 18.0. The van der Waals surface area contributed by atoms with Crippen molar-refractivity contribution in [2.24, 2.45) is 5.92 Å². The second-order valence-electron chi connectivity index (χ2n) is 10.7. The number of hydrogen-bond acceptors (Lipinski definition) is 4. The molecule has 5 nitrogen and oxygen atoms in total. The normalized spacial score (nSPS) is 23.4. The highest BCUT2D eigenvalue weighted by Crippen LogP contribution is 2.37. The topological polar surface area (TPSA) is 50.8 Å². The molecule has 2 fully saturated rings. The molecule has 0 saturated carbocycles. The van der Waals surface area contributed by atoms with Gasteiger partial charge in [-0.05, 0) is 92.1 Å². The van der Waals surface area contributed by atoms with Crippen molar-refractivity contribution in [1.29, 1.82) is 0 Å². The number of nitrogens with zero attached hydrogens (tertiary/aromatic N) is 1. The highest BCUT2D eigenvalue weighted by molar-refractivity contribution is 5.85. The smallest absolute Gasteiger partial charge is 0.416 e. The number of benzene rings is 2. The number of likely N-dealkylation sites (tertiary alicyclic amines) is 1. The molecule has 2 aromatic carbocycles. The Morgan fingerprint density at radius 2 is 1.82 bits per heavy atom. The molecule has 2 aliphatic heterocycles. The number of carbonyl (C=O) groups excluding carboxylic acids is 1. The molecule has 2 atom stereocenters. The van der Waals surface area contributed by atoms with E-state index in [1.54, 1.807) is 0 Å². The Balaban J connectivity index is 1.34. The van der Waals surface area contributed by atoms with Crippen molar-refractivity contribution < 1.29 is 31.8 Å². The van der Waals surface area contributed by atoms with E-state index in [4.69, 9.17) is 9.47 Å². The van der Waals surface area contributed by atoms with Crippen LogP contribution in [-0.4, -0.2) is 49.3 Å². The van der Waals surface area contributed by atoms with Crippen molar-refractivity contribution >= 4 is 5.91 Å². The highest BCUT2D eigenvalue weighted by Gasteiger charge is 2.47. The van der Waals surface area contributed by atoms with E-state index in [9.17, 15) is 22.4 Å². The number of hydrogen-bond donors (Lipinski definition) is 1. The predicted octanol–water partition coefficient (Wildman–Crippen LogP) is 5.92. The molecule has 2 aromatic rings. The van der Waals surface area contributed by atoms with Gasteiger partial charge in [0.1, 0.15) is 17.2 Å². The zero-order valence-electron chi connectivity index (χ0n) is 22.1. The molecule has 1 amide bonds. The van der Waals surface area contributed by atoms with Crippen LogP contribution < -0.4 is 10.1 Å². The van der Waals surface area contributed by atoms with Crippen LogP contribution in [0.25, 0.3) is 0 Å². The van der Waals surface area contributed by atoms with Crippen molar-refractivity contribution in [3.05, 3.63) is 65.0 Å². The highest BCUT2D eigenvalue weighted by atomic mass is 19.4. The van der Waals surface area contributed by atoms with Gasteiger partial charge in [-0.15, -0.1) is 0 Å². The first kappa shape index (κ1) is 28.4. The van der Waals surface area contributed by atoms with Gasteiger partial charge in [-0.25, -0.2) is 4.39 Å². The summed E-state index contributed by atoms with van der Waals surface area (Å²) in [4.78, 5) is 15.8. The lowest BCUT2D eigenvalue weighted by Gasteiger charge is -2.46. The van der Waals surface area contributed by atoms with Gasteiger partial charge in [-0.2, -0.15) is 13.2 Å². The van der Waals surface area contributed by atoms with Gasteiger partial charge in [0.2, 0.25) is 0 Å². The van der Waals surface area contributed by atoms with Gasteiger partial charge in [0.15, 0.2) is 0 Å². The summed E-state index contributed by atoms with van der Waals surface area (Å²) in [5.41, 5.74) is -0.379. The van der Waals surface area contributed by atoms with Gasteiger partial charge in [0.05, 0.1) is 19.3 Å². The molecule has 0 aromatic heterocycles. The molecule has 9 heteroatoms. The minimum Gasteiger partial charge on any atom is -0.497 e. The largest absolute Gasteiger partial charge is 0.497 e.